The van der Waals surface area contributed by atoms with Crippen molar-refractivity contribution in [2.45, 2.75) is 12.3 Å². The zero-order chi connectivity index (χ0) is 11.7. The second-order valence-corrected chi connectivity index (χ2v) is 5.93. The van der Waals surface area contributed by atoms with Crippen molar-refractivity contribution < 1.29 is 4.52 Å². The van der Waals surface area contributed by atoms with Crippen LogP contribution in [-0.2, 0) is 0 Å². The molecule has 6 heteroatoms. The third kappa shape index (κ3) is 2.57. The number of aromatic nitrogens is 2. The standard InChI is InChI=1S/C10H7BrClIN2O/c1-5(12)9-14-10(16-15-9)7-4-6(11)2-3-8(7)13/h2-5H,1H3. The summed E-state index contributed by atoms with van der Waals surface area (Å²) in [5.74, 6) is 1.00. The zero-order valence-electron chi connectivity index (χ0n) is 8.25. The van der Waals surface area contributed by atoms with Crippen LogP contribution in [0.2, 0.25) is 0 Å². The number of halogens is 3. The van der Waals surface area contributed by atoms with Crippen LogP contribution in [0.25, 0.3) is 11.5 Å². The summed E-state index contributed by atoms with van der Waals surface area (Å²) in [4.78, 5) is 4.25. The Morgan fingerprint density at radius 2 is 2.25 bits per heavy atom. The lowest BCUT2D eigenvalue weighted by Crippen LogP contribution is -1.87. The van der Waals surface area contributed by atoms with E-state index >= 15 is 0 Å². The summed E-state index contributed by atoms with van der Waals surface area (Å²) in [6, 6.07) is 5.89. The summed E-state index contributed by atoms with van der Waals surface area (Å²) in [5.41, 5.74) is 0.908. The average molecular weight is 413 g/mol. The second kappa shape index (κ2) is 5.01. The molecule has 1 atom stereocenters. The van der Waals surface area contributed by atoms with Gasteiger partial charge in [0, 0.05) is 8.04 Å². The molecule has 1 heterocycles. The van der Waals surface area contributed by atoms with Gasteiger partial charge < -0.3 is 4.52 Å². The van der Waals surface area contributed by atoms with Gasteiger partial charge in [-0.3, -0.25) is 0 Å². The fourth-order valence-corrected chi connectivity index (χ4v) is 2.18. The molecule has 0 spiro atoms. The van der Waals surface area contributed by atoms with E-state index in [1.807, 2.05) is 25.1 Å². The predicted molar refractivity (Wildman–Crippen MR) is 74.4 cm³/mol. The smallest absolute Gasteiger partial charge is 0.259 e. The van der Waals surface area contributed by atoms with Crippen LogP contribution < -0.4 is 0 Å². The average Bonchev–Trinajstić information content (AvgIpc) is 2.70. The van der Waals surface area contributed by atoms with Gasteiger partial charge in [-0.15, -0.1) is 11.6 Å². The molecule has 0 bridgehead atoms. The first-order valence-electron chi connectivity index (χ1n) is 4.51. The van der Waals surface area contributed by atoms with Crippen LogP contribution in [0.3, 0.4) is 0 Å². The van der Waals surface area contributed by atoms with E-state index in [0.717, 1.165) is 13.6 Å². The summed E-state index contributed by atoms with van der Waals surface area (Å²) in [7, 11) is 0. The number of nitrogens with zero attached hydrogens (tertiary/aromatic N) is 2. The minimum Gasteiger partial charge on any atom is -0.334 e. The molecule has 84 valence electrons. The summed E-state index contributed by atoms with van der Waals surface area (Å²) >= 11 is 11.5. The monoisotopic (exact) mass is 412 g/mol. The lowest BCUT2D eigenvalue weighted by Gasteiger charge is -1.99. The molecule has 1 aromatic heterocycles. The van der Waals surface area contributed by atoms with Gasteiger partial charge in [-0.1, -0.05) is 21.1 Å². The summed E-state index contributed by atoms with van der Waals surface area (Å²) < 4.78 is 7.20. The highest BCUT2D eigenvalue weighted by molar-refractivity contribution is 14.1. The van der Waals surface area contributed by atoms with Gasteiger partial charge >= 0.3 is 0 Å². The summed E-state index contributed by atoms with van der Waals surface area (Å²) in [5, 5.41) is 3.58. The predicted octanol–water partition coefficient (Wildman–Crippen LogP) is 4.40. The quantitative estimate of drug-likeness (QED) is 0.541. The van der Waals surface area contributed by atoms with E-state index in [0.29, 0.717) is 11.7 Å². The Hall–Kier alpha value is -0.140. The maximum atomic E-state index is 5.88. The fourth-order valence-electron chi connectivity index (χ4n) is 1.17. The van der Waals surface area contributed by atoms with E-state index in [1.54, 1.807) is 0 Å². The first kappa shape index (κ1) is 12.3. The molecule has 0 saturated heterocycles. The van der Waals surface area contributed by atoms with Crippen molar-refractivity contribution in [2.24, 2.45) is 0 Å². The normalized spacial score (nSPS) is 12.8. The third-order valence-electron chi connectivity index (χ3n) is 1.96. The number of hydrogen-bond donors (Lipinski definition) is 0. The highest BCUT2D eigenvalue weighted by atomic mass is 127. The van der Waals surface area contributed by atoms with Gasteiger partial charge in [-0.05, 0) is 47.7 Å². The lowest BCUT2D eigenvalue weighted by molar-refractivity contribution is 0.422. The van der Waals surface area contributed by atoms with E-state index < -0.39 is 0 Å². The minimum absolute atomic E-state index is 0.248. The molecule has 2 aromatic rings. The van der Waals surface area contributed by atoms with Crippen molar-refractivity contribution in [2.75, 3.05) is 0 Å². The molecule has 0 saturated carbocycles. The van der Waals surface area contributed by atoms with Crippen LogP contribution in [0.1, 0.15) is 18.1 Å². The molecule has 0 amide bonds. The molecule has 1 unspecified atom stereocenters. The third-order valence-corrected chi connectivity index (χ3v) is 3.59. The first-order valence-corrected chi connectivity index (χ1v) is 6.82. The van der Waals surface area contributed by atoms with Crippen LogP contribution in [0.15, 0.2) is 27.2 Å². The van der Waals surface area contributed by atoms with Crippen molar-refractivity contribution in [3.8, 4) is 11.5 Å². The van der Waals surface area contributed by atoms with Gasteiger partial charge in [-0.25, -0.2) is 0 Å². The lowest BCUT2D eigenvalue weighted by atomic mass is 10.2. The van der Waals surface area contributed by atoms with Crippen molar-refractivity contribution >= 4 is 50.1 Å². The first-order chi connectivity index (χ1) is 7.58. The molecule has 1 aromatic carbocycles. The Labute approximate surface area is 120 Å². The fraction of sp³-hybridized carbons (Fsp3) is 0.200. The van der Waals surface area contributed by atoms with Gasteiger partial charge in [0.05, 0.1) is 10.9 Å². The number of hydrogen-bond acceptors (Lipinski definition) is 3. The van der Waals surface area contributed by atoms with Crippen molar-refractivity contribution in [1.82, 2.24) is 10.1 Å². The van der Waals surface area contributed by atoms with Crippen LogP contribution >= 0.6 is 50.1 Å². The SMILES string of the molecule is CC(Cl)c1noc(-c2cc(Br)ccc2I)n1. The molecular weight excluding hydrogens is 406 g/mol. The van der Waals surface area contributed by atoms with Gasteiger partial charge in [-0.2, -0.15) is 4.98 Å². The highest BCUT2D eigenvalue weighted by Gasteiger charge is 2.14. The van der Waals surface area contributed by atoms with E-state index in [1.165, 1.54) is 0 Å². The molecule has 16 heavy (non-hydrogen) atoms. The van der Waals surface area contributed by atoms with Gasteiger partial charge in [0.15, 0.2) is 5.82 Å². The topological polar surface area (TPSA) is 38.9 Å². The second-order valence-electron chi connectivity index (χ2n) is 3.20. The molecule has 0 fully saturated rings. The molecular formula is C10H7BrClIN2O. The highest BCUT2D eigenvalue weighted by Crippen LogP contribution is 2.28. The molecule has 0 aliphatic heterocycles. The molecule has 0 aliphatic carbocycles. The number of benzene rings is 1. The Morgan fingerprint density at radius 3 is 2.88 bits per heavy atom. The van der Waals surface area contributed by atoms with Crippen LogP contribution in [0.5, 0.6) is 0 Å². The van der Waals surface area contributed by atoms with E-state index in [4.69, 9.17) is 16.1 Å². The van der Waals surface area contributed by atoms with Crippen molar-refractivity contribution in [3.63, 3.8) is 0 Å². The van der Waals surface area contributed by atoms with E-state index in [9.17, 15) is 0 Å². The molecule has 3 nitrogen and oxygen atoms in total. The van der Waals surface area contributed by atoms with Gasteiger partial charge in [0.25, 0.3) is 5.89 Å². The Kier molecular flexibility index (Phi) is 3.86. The zero-order valence-corrected chi connectivity index (χ0v) is 12.7. The van der Waals surface area contributed by atoms with Crippen LogP contribution in [0, 0.1) is 3.57 Å². The van der Waals surface area contributed by atoms with E-state index in [2.05, 4.69) is 48.7 Å². The maximum absolute atomic E-state index is 5.88. The van der Waals surface area contributed by atoms with E-state index in [-0.39, 0.29) is 5.38 Å². The molecule has 0 aliphatic rings. The Bertz CT molecular complexity index is 515. The van der Waals surface area contributed by atoms with Gasteiger partial charge in [0.2, 0.25) is 0 Å². The Balaban J connectivity index is 2.46. The van der Waals surface area contributed by atoms with Crippen molar-refractivity contribution in [1.29, 1.82) is 0 Å². The largest absolute Gasteiger partial charge is 0.334 e. The van der Waals surface area contributed by atoms with Crippen molar-refractivity contribution in [3.05, 3.63) is 32.1 Å². The number of rotatable bonds is 2. The summed E-state index contributed by atoms with van der Waals surface area (Å²) in [6.07, 6.45) is 0. The maximum Gasteiger partial charge on any atom is 0.259 e. The molecule has 2 rings (SSSR count). The molecule has 0 N–H and O–H groups in total. The number of alkyl halides is 1. The van der Waals surface area contributed by atoms with Crippen LogP contribution in [0.4, 0.5) is 0 Å². The minimum atomic E-state index is -0.248. The summed E-state index contributed by atoms with van der Waals surface area (Å²) in [6.45, 7) is 1.81. The van der Waals surface area contributed by atoms with Crippen LogP contribution in [-0.4, -0.2) is 10.1 Å². The Morgan fingerprint density at radius 1 is 1.50 bits per heavy atom. The van der Waals surface area contributed by atoms with Gasteiger partial charge in [0.1, 0.15) is 0 Å². The molecule has 0 radical (unpaired) electrons.